The number of rotatable bonds is 9. The smallest absolute Gasteiger partial charge is 0.147 e. The number of fused-ring (bicyclic) bond motifs is 8. The molecule has 0 atom stereocenters. The number of hydrogen-bond donors (Lipinski definition) is 1. The van der Waals surface area contributed by atoms with Crippen LogP contribution in [-0.4, -0.2) is 5.11 Å². The third-order valence-electron chi connectivity index (χ3n) is 12.1. The Hall–Kier alpha value is -4.86. The van der Waals surface area contributed by atoms with E-state index in [2.05, 4.69) is 204 Å². The molecule has 8 heteroatoms. The number of ether oxygens (including phenoxy) is 3. The highest BCUT2D eigenvalue weighted by Gasteiger charge is 2.30. The lowest BCUT2D eigenvalue weighted by atomic mass is 9.87. The van der Waals surface area contributed by atoms with Gasteiger partial charge in [0.25, 0.3) is 0 Å². The lowest BCUT2D eigenvalue weighted by Gasteiger charge is -2.28. The van der Waals surface area contributed by atoms with Crippen LogP contribution in [0.4, 0.5) is 0 Å². The van der Waals surface area contributed by atoms with E-state index >= 15 is 0 Å². The van der Waals surface area contributed by atoms with Gasteiger partial charge in [0.15, 0.2) is 0 Å². The molecule has 0 aromatic heterocycles. The summed E-state index contributed by atoms with van der Waals surface area (Å²) in [7, 11) is 0. The Morgan fingerprint density at radius 2 is 0.522 bits per heavy atom. The van der Waals surface area contributed by atoms with E-state index in [1.165, 1.54) is 16.7 Å². The lowest BCUT2D eigenvalue weighted by Crippen LogP contribution is -2.13. The Morgan fingerprint density at radius 3 is 0.739 bits per heavy atom. The van der Waals surface area contributed by atoms with E-state index in [0.717, 1.165) is 78.7 Å². The molecule has 0 unspecified atom stereocenters. The van der Waals surface area contributed by atoms with Crippen LogP contribution in [0.5, 0.6) is 23.0 Å². The second-order valence-corrected chi connectivity index (χ2v) is 26.3. The number of hydrogen-bond acceptors (Lipinski definition) is 8. The molecule has 1 heterocycles. The van der Waals surface area contributed by atoms with Gasteiger partial charge < -0.3 is 19.3 Å². The summed E-state index contributed by atoms with van der Waals surface area (Å²) in [5, 5.41) is 12.7. The summed E-state index contributed by atoms with van der Waals surface area (Å²) >= 11 is 6.52. The molecule has 0 amide bonds. The van der Waals surface area contributed by atoms with Gasteiger partial charge in [-0.05, 0) is 109 Å². The summed E-state index contributed by atoms with van der Waals surface area (Å²) in [6.07, 6.45) is 0. The van der Waals surface area contributed by atoms with Gasteiger partial charge in [-0.2, -0.15) is 0 Å². The Labute approximate surface area is 428 Å². The highest BCUT2D eigenvalue weighted by atomic mass is 32.2. The average molecular weight is 991 g/mol. The molecule has 358 valence electrons. The van der Waals surface area contributed by atoms with Crippen molar-refractivity contribution in [3.05, 3.63) is 178 Å². The van der Waals surface area contributed by atoms with Crippen molar-refractivity contribution in [1.82, 2.24) is 0 Å². The minimum Gasteiger partial charge on any atom is -0.506 e. The van der Waals surface area contributed by atoms with Crippen LogP contribution in [-0.2, 0) is 41.5 Å². The minimum absolute atomic E-state index is 0.198. The van der Waals surface area contributed by atoms with Gasteiger partial charge in [-0.25, -0.2) is 0 Å². The fraction of sp³-hybridized carbons (Fsp3) is 0.311. The van der Waals surface area contributed by atoms with E-state index in [0.29, 0.717) is 19.8 Å². The second-order valence-electron chi connectivity index (χ2n) is 22.0. The first-order valence-electron chi connectivity index (χ1n) is 23.7. The van der Waals surface area contributed by atoms with Gasteiger partial charge in [-0.15, -0.1) is 0 Å². The van der Waals surface area contributed by atoms with Gasteiger partial charge >= 0.3 is 0 Å². The van der Waals surface area contributed by atoms with Crippen LogP contribution in [0.25, 0.3) is 0 Å². The molecule has 1 aliphatic rings. The summed E-state index contributed by atoms with van der Waals surface area (Å²) in [5.74, 6) is 2.57. The van der Waals surface area contributed by atoms with E-state index in [1.807, 2.05) is 18.2 Å². The minimum atomic E-state index is -0.218. The zero-order valence-electron chi connectivity index (χ0n) is 42.2. The number of phenolic OH excluding ortho intramolecular Hbond substituents is 1. The first-order chi connectivity index (χ1) is 32.6. The summed E-state index contributed by atoms with van der Waals surface area (Å²) in [6.45, 7) is 28.2. The summed E-state index contributed by atoms with van der Waals surface area (Å²) in [4.78, 5) is 7.33. The van der Waals surface area contributed by atoms with E-state index < -0.39 is 0 Å². The topological polar surface area (TPSA) is 47.9 Å². The third-order valence-corrected chi connectivity index (χ3v) is 16.3. The van der Waals surface area contributed by atoms with Crippen LogP contribution in [0, 0.1) is 0 Å². The summed E-state index contributed by atoms with van der Waals surface area (Å²) < 4.78 is 21.3. The SMILES string of the molecule is CC(C)(C)c1cc2c(O)c(c1)Sc1cc(C(C)(C)C)cc(c1OCc1ccccc1)Sc1cc(C(C)(C)C)cc(c1OCc1ccccc1)Sc1cc(C(C)(C)C)cc(c1OCc1ccccc1)S2. The molecule has 8 rings (SSSR count). The van der Waals surface area contributed by atoms with Crippen molar-refractivity contribution in [2.24, 2.45) is 0 Å². The molecule has 69 heavy (non-hydrogen) atoms. The molecular formula is C61H66O4S4. The molecule has 1 N–H and O–H groups in total. The highest BCUT2D eigenvalue weighted by molar-refractivity contribution is 8.01. The third kappa shape index (κ3) is 12.4. The summed E-state index contributed by atoms with van der Waals surface area (Å²) in [6, 6.07) is 49.2. The number of aromatic hydroxyl groups is 1. The first kappa shape index (κ1) is 50.5. The van der Waals surface area contributed by atoms with Gasteiger partial charge in [-0.3, -0.25) is 0 Å². The van der Waals surface area contributed by atoms with Gasteiger partial charge in [0.2, 0.25) is 0 Å². The van der Waals surface area contributed by atoms with E-state index in [9.17, 15) is 5.11 Å². The van der Waals surface area contributed by atoms with Crippen LogP contribution in [0.2, 0.25) is 0 Å². The van der Waals surface area contributed by atoms with Crippen molar-refractivity contribution in [3.63, 3.8) is 0 Å². The molecule has 0 saturated carbocycles. The van der Waals surface area contributed by atoms with Crippen molar-refractivity contribution in [3.8, 4) is 23.0 Å². The zero-order chi connectivity index (χ0) is 49.3. The van der Waals surface area contributed by atoms with E-state index in [4.69, 9.17) is 14.2 Å². The van der Waals surface area contributed by atoms with Crippen molar-refractivity contribution in [2.75, 3.05) is 0 Å². The Morgan fingerprint density at radius 1 is 0.319 bits per heavy atom. The molecule has 0 fully saturated rings. The largest absolute Gasteiger partial charge is 0.506 e. The highest BCUT2D eigenvalue weighted by Crippen LogP contribution is 2.56. The van der Waals surface area contributed by atoms with Crippen molar-refractivity contribution in [2.45, 2.75) is 164 Å². The predicted octanol–water partition coefficient (Wildman–Crippen LogP) is 18.2. The van der Waals surface area contributed by atoms with Gasteiger partial charge in [-0.1, -0.05) is 221 Å². The fourth-order valence-electron chi connectivity index (χ4n) is 7.74. The summed E-state index contributed by atoms with van der Waals surface area (Å²) in [5.41, 5.74) is 7.06. The Kier molecular flexibility index (Phi) is 15.0. The van der Waals surface area contributed by atoms with Crippen LogP contribution in [0.3, 0.4) is 0 Å². The molecule has 0 spiro atoms. The maximum atomic E-state index is 12.7. The monoisotopic (exact) mass is 990 g/mol. The van der Waals surface area contributed by atoms with Gasteiger partial charge in [0.1, 0.15) is 42.8 Å². The van der Waals surface area contributed by atoms with Gasteiger partial charge in [0.05, 0.1) is 39.2 Å². The van der Waals surface area contributed by atoms with Crippen LogP contribution in [0.1, 0.15) is 122 Å². The molecular weight excluding hydrogens is 925 g/mol. The molecule has 7 aromatic carbocycles. The lowest BCUT2D eigenvalue weighted by molar-refractivity contribution is 0.288. The molecule has 0 saturated heterocycles. The average Bonchev–Trinajstić information content (AvgIpc) is 3.28. The standard InChI is InChI=1S/C61H66O4S4/c1-58(2,3)42-28-46-54(62)47(29-42)67-49-31-44(60(7,8)9)33-51(56(49)64-37-40-24-18-14-19-25-40)69-53-35-45(61(10,11)12)34-52(57(53)65-38-41-26-20-15-21-27-41)68-50-32-43(59(4,5)6)30-48(66-46)55(50)63-36-39-22-16-13-17-23-39/h13-35,62H,36-38H2,1-12H3. The Bertz CT molecular complexity index is 2760. The fourth-order valence-corrected chi connectivity index (χ4v) is 12.4. The predicted molar refractivity (Wildman–Crippen MR) is 291 cm³/mol. The number of phenols is 1. The number of benzene rings is 7. The molecule has 0 radical (unpaired) electrons. The quantitative estimate of drug-likeness (QED) is 0.154. The van der Waals surface area contributed by atoms with Crippen LogP contribution >= 0.6 is 47.0 Å². The van der Waals surface area contributed by atoms with Crippen molar-refractivity contribution >= 4 is 47.0 Å². The first-order valence-corrected chi connectivity index (χ1v) is 27.0. The van der Waals surface area contributed by atoms with Gasteiger partial charge in [0, 0.05) is 0 Å². The normalized spacial score (nSPS) is 13.2. The zero-order valence-corrected chi connectivity index (χ0v) is 45.5. The Balaban J connectivity index is 1.46. The van der Waals surface area contributed by atoms with Crippen molar-refractivity contribution in [1.29, 1.82) is 0 Å². The maximum Gasteiger partial charge on any atom is 0.147 e. The van der Waals surface area contributed by atoms with Crippen LogP contribution in [0.15, 0.2) is 179 Å². The molecule has 7 aromatic rings. The molecule has 1 aliphatic heterocycles. The van der Waals surface area contributed by atoms with Crippen molar-refractivity contribution < 1.29 is 19.3 Å². The van der Waals surface area contributed by atoms with Crippen LogP contribution < -0.4 is 14.2 Å². The molecule has 8 bridgehead atoms. The second kappa shape index (κ2) is 20.5. The maximum absolute atomic E-state index is 12.7. The van der Waals surface area contributed by atoms with E-state index in [1.54, 1.807) is 47.0 Å². The van der Waals surface area contributed by atoms with E-state index in [-0.39, 0.29) is 27.4 Å². The molecule has 0 aliphatic carbocycles. The molecule has 4 nitrogen and oxygen atoms in total.